The molecule has 7 heterocycles. The van der Waals surface area contributed by atoms with Gasteiger partial charge in [-0.25, -0.2) is 28.1 Å². The van der Waals surface area contributed by atoms with E-state index in [1.54, 1.807) is 13.8 Å². The first-order valence-electron chi connectivity index (χ1n) is 16.5. The molecule has 2 bridgehead atoms. The Morgan fingerprint density at radius 1 is 1.11 bits per heavy atom. The van der Waals surface area contributed by atoms with Gasteiger partial charge in [-0.15, -0.1) is 0 Å². The molecule has 55 heavy (non-hydrogen) atoms. The van der Waals surface area contributed by atoms with Gasteiger partial charge in [0.05, 0.1) is 44.7 Å². The molecule has 7 rings (SSSR count). The van der Waals surface area contributed by atoms with Gasteiger partial charge in [0.25, 0.3) is 11.1 Å². The largest absolute Gasteiger partial charge is 0.475 e. The normalized spacial score (nSPS) is 31.1. The second kappa shape index (κ2) is 15.2. The minimum absolute atomic E-state index is 0.0933. The Bertz CT molecular complexity index is 2420. The predicted octanol–water partition coefficient (Wildman–Crippen LogP) is -0.331. The van der Waals surface area contributed by atoms with Gasteiger partial charge in [0, 0.05) is 19.6 Å². The number of phosphoric acid groups is 1. The zero-order valence-electron chi connectivity index (χ0n) is 28.9. The Balaban J connectivity index is 1.26. The number of nitrogens with zero attached hydrogens (tertiary/aromatic N) is 7. The van der Waals surface area contributed by atoms with Crippen LogP contribution in [0.1, 0.15) is 32.7 Å². The molecular formula is C28H33FN11O13PS. The van der Waals surface area contributed by atoms with Crippen LogP contribution >= 0.6 is 7.82 Å². The fraction of sp³-hybridized carbons (Fsp3) is 0.571. The third-order valence-corrected chi connectivity index (χ3v) is 11.2. The number of phosphoric ester groups is 1. The Morgan fingerprint density at radius 2 is 1.82 bits per heavy atom. The summed E-state index contributed by atoms with van der Waals surface area (Å²) in [7, 11) is -8.49. The minimum Gasteiger partial charge on any atom is -0.376 e. The summed E-state index contributed by atoms with van der Waals surface area (Å²) in [5.41, 5.74) is -1.94. The number of carbonyl (C=O) groups excluding carboxylic acids is 1. The molecule has 4 aromatic rings. The maximum absolute atomic E-state index is 16.2. The van der Waals surface area contributed by atoms with Gasteiger partial charge >= 0.3 is 18.1 Å². The number of aromatic nitrogens is 8. The summed E-state index contributed by atoms with van der Waals surface area (Å²) in [5.74, 6) is -1.16. The molecule has 4 aromatic heterocycles. The topological polar surface area (TPSA) is 308 Å². The summed E-state index contributed by atoms with van der Waals surface area (Å²) in [6.07, 6.45) is -9.96. The average Bonchev–Trinajstić information content (AvgIpc) is 3.91. The summed E-state index contributed by atoms with van der Waals surface area (Å²) in [5, 5.41) is 11.7. The monoisotopic (exact) mass is 813 g/mol. The van der Waals surface area contributed by atoms with Crippen LogP contribution in [0, 0.1) is 17.2 Å². The number of aromatic amines is 2. The van der Waals surface area contributed by atoms with Crippen LogP contribution in [0.3, 0.4) is 0 Å². The van der Waals surface area contributed by atoms with Crippen LogP contribution in [0.5, 0.6) is 0 Å². The molecule has 27 heteroatoms. The lowest BCUT2D eigenvalue weighted by atomic mass is 10.1. The quantitative estimate of drug-likeness (QED) is 0.131. The predicted molar refractivity (Wildman–Crippen MR) is 180 cm³/mol. The zero-order chi connectivity index (χ0) is 39.2. The number of hydrogen-bond donors (Lipinski definition) is 4. The number of imidazole rings is 2. The Kier molecular flexibility index (Phi) is 10.7. The number of halogens is 1. The van der Waals surface area contributed by atoms with Crippen LogP contribution in [-0.4, -0.2) is 117 Å². The number of nitrogens with one attached hydrogen (secondary N) is 4. The molecule has 3 saturated heterocycles. The molecule has 9 atom stereocenters. The number of rotatable bonds is 8. The summed E-state index contributed by atoms with van der Waals surface area (Å²) >= 11 is 0. The minimum atomic E-state index is -4.88. The van der Waals surface area contributed by atoms with Crippen LogP contribution < -0.4 is 21.2 Å². The number of amides is 1. The first kappa shape index (κ1) is 38.7. The molecule has 3 fully saturated rings. The molecule has 1 unspecified atom stereocenters. The molecule has 0 saturated carbocycles. The highest BCUT2D eigenvalue weighted by Crippen LogP contribution is 2.55. The van der Waals surface area contributed by atoms with Crippen LogP contribution in [0.4, 0.5) is 10.3 Å². The Labute approximate surface area is 308 Å². The van der Waals surface area contributed by atoms with Gasteiger partial charge in [-0.2, -0.15) is 23.4 Å². The van der Waals surface area contributed by atoms with Crippen LogP contribution in [-0.2, 0) is 51.6 Å². The first-order valence-corrected chi connectivity index (χ1v) is 19.4. The summed E-state index contributed by atoms with van der Waals surface area (Å²) in [6.45, 7) is 1.31. The smallest absolute Gasteiger partial charge is 0.376 e. The molecule has 3 aliphatic heterocycles. The highest BCUT2D eigenvalue weighted by molar-refractivity contribution is 7.84. The summed E-state index contributed by atoms with van der Waals surface area (Å²) < 4.78 is 102. The van der Waals surface area contributed by atoms with E-state index in [1.807, 2.05) is 6.07 Å². The van der Waals surface area contributed by atoms with Crippen molar-refractivity contribution in [3.05, 3.63) is 39.7 Å². The molecule has 296 valence electrons. The van der Waals surface area contributed by atoms with Gasteiger partial charge in [0.2, 0.25) is 11.9 Å². The fourth-order valence-corrected chi connectivity index (χ4v) is 8.44. The molecule has 0 radical (unpaired) electrons. The summed E-state index contributed by atoms with van der Waals surface area (Å²) in [6, 6.07) is 1.83. The zero-order valence-corrected chi connectivity index (χ0v) is 30.6. The third kappa shape index (κ3) is 7.55. The van der Waals surface area contributed by atoms with Crippen molar-refractivity contribution in [3.8, 4) is 6.07 Å². The number of anilines is 1. The van der Waals surface area contributed by atoms with Crippen LogP contribution in [0.25, 0.3) is 22.3 Å². The van der Waals surface area contributed by atoms with Crippen LogP contribution in [0.2, 0.25) is 0 Å². The van der Waals surface area contributed by atoms with Gasteiger partial charge in [0.15, 0.2) is 41.0 Å². The number of ether oxygens (including phenoxy) is 3. The lowest BCUT2D eigenvalue weighted by Gasteiger charge is -2.28. The molecule has 1 amide bonds. The number of alkyl halides is 1. The van der Waals surface area contributed by atoms with Crippen LogP contribution in [0.15, 0.2) is 28.6 Å². The molecule has 0 spiro atoms. The molecule has 4 N–H and O–H groups in total. The van der Waals surface area contributed by atoms with Crippen molar-refractivity contribution in [1.82, 2.24) is 43.8 Å². The second-order valence-corrected chi connectivity index (χ2v) is 15.6. The lowest BCUT2D eigenvalue weighted by molar-refractivity contribution is -0.118. The highest BCUT2D eigenvalue weighted by atomic mass is 32.2. The van der Waals surface area contributed by atoms with E-state index in [2.05, 4.69) is 39.9 Å². The maximum atomic E-state index is 16.2. The first-order chi connectivity index (χ1) is 26.2. The number of H-pyrrole nitrogens is 2. The third-order valence-electron chi connectivity index (χ3n) is 8.75. The second-order valence-electron chi connectivity index (χ2n) is 12.6. The van der Waals surface area contributed by atoms with Gasteiger partial charge in [-0.3, -0.25) is 47.4 Å². The number of carbonyl (C=O) groups is 1. The van der Waals surface area contributed by atoms with Crippen molar-refractivity contribution in [2.45, 2.75) is 69.4 Å². The maximum Gasteiger partial charge on any atom is 0.475 e. The van der Waals surface area contributed by atoms with Crippen molar-refractivity contribution < 1.29 is 54.1 Å². The SMILES string of the molecule is CO[C@H]1[C@H]2OP(=O)(OCCC#N)OC[C@H]3O[C@@H](n4cnc5c(=O)[nH]cnc54)[C@H](F)[C@@H]3OS(=O)(=O)NC[C@H]1O[C@H]2n1cnc2c(=O)[nH]c(NC(=O)C(C)C)nc21. The van der Waals surface area contributed by atoms with E-state index in [9.17, 15) is 27.4 Å². The van der Waals surface area contributed by atoms with E-state index >= 15 is 4.39 Å². The van der Waals surface area contributed by atoms with E-state index in [4.69, 9.17) is 37.2 Å². The van der Waals surface area contributed by atoms with Crippen molar-refractivity contribution in [2.24, 2.45) is 5.92 Å². The molecular weight excluding hydrogens is 780 g/mol. The molecule has 24 nitrogen and oxygen atoms in total. The van der Waals surface area contributed by atoms with Gasteiger partial charge in [0.1, 0.15) is 30.5 Å². The Hall–Kier alpha value is -4.55. The number of hydrogen-bond acceptors (Lipinski definition) is 18. The van der Waals surface area contributed by atoms with E-state index in [0.717, 1.165) is 23.5 Å². The average molecular weight is 814 g/mol. The van der Waals surface area contributed by atoms with E-state index < -0.39 is 110 Å². The van der Waals surface area contributed by atoms with Crippen molar-refractivity contribution >= 4 is 52.3 Å². The molecule has 0 aliphatic carbocycles. The number of nitriles is 1. The number of methoxy groups -OCH3 is 1. The number of fused-ring (bicyclic) bond motifs is 5. The van der Waals surface area contributed by atoms with Gasteiger partial charge in [-0.1, -0.05) is 13.8 Å². The van der Waals surface area contributed by atoms with E-state index in [1.165, 1.54) is 11.7 Å². The fourth-order valence-electron chi connectivity index (χ4n) is 6.12. The van der Waals surface area contributed by atoms with E-state index in [0.29, 0.717) is 0 Å². The lowest BCUT2D eigenvalue weighted by Crippen LogP contribution is -2.44. The van der Waals surface area contributed by atoms with Crippen molar-refractivity contribution in [1.29, 1.82) is 5.26 Å². The Morgan fingerprint density at radius 3 is 2.53 bits per heavy atom. The van der Waals surface area contributed by atoms with Gasteiger partial charge in [-0.05, 0) is 0 Å². The van der Waals surface area contributed by atoms with E-state index in [-0.39, 0.29) is 34.7 Å². The van der Waals surface area contributed by atoms with Crippen molar-refractivity contribution in [3.63, 3.8) is 0 Å². The van der Waals surface area contributed by atoms with Gasteiger partial charge < -0.3 is 19.2 Å². The molecule has 3 aliphatic rings. The highest BCUT2D eigenvalue weighted by Gasteiger charge is 2.54. The van der Waals surface area contributed by atoms with Crippen molar-refractivity contribution in [2.75, 3.05) is 32.2 Å². The standard InChI is InChI=1S/C28H33FN11O13PS/c1-12(2)23(41)37-28-36-22-17(25(43)38-28)34-11-40(22)27-20-19(47-3)13(50-27)7-35-55(45,46)53-18-14(8-49-54(44,52-20)48-6-4-5-30)51-26(15(18)29)39-10-33-16-21(39)31-9-32-24(16)42/h9-15,18-20,26-27,35H,4,6-8H2,1-3H3,(H,31,32,42)(H2,36,37,38,41,43)/t13-,14-,15-,18-,19-,20-,26-,27-,54?/m1/s1. The summed E-state index contributed by atoms with van der Waals surface area (Å²) in [4.78, 5) is 58.8. The molecule has 0 aromatic carbocycles.